The molecule has 0 aromatic heterocycles. The molecule has 3 aromatic carbocycles. The Morgan fingerprint density at radius 1 is 0.829 bits per heavy atom. The van der Waals surface area contributed by atoms with Gasteiger partial charge in [0.1, 0.15) is 12.6 Å². The Balaban J connectivity index is 1.43. The molecule has 182 valence electrons. The van der Waals surface area contributed by atoms with E-state index in [4.69, 9.17) is 10.5 Å². The molecule has 0 saturated carbocycles. The van der Waals surface area contributed by atoms with Crippen LogP contribution in [0.1, 0.15) is 17.5 Å². The third kappa shape index (κ3) is 8.60. The van der Waals surface area contributed by atoms with Crippen molar-refractivity contribution in [3.8, 4) is 11.1 Å². The van der Waals surface area contributed by atoms with E-state index in [2.05, 4.69) is 10.6 Å². The maximum Gasteiger partial charge on any atom is 0.407 e. The van der Waals surface area contributed by atoms with E-state index in [1.165, 1.54) is 0 Å². The third-order valence-electron chi connectivity index (χ3n) is 5.30. The van der Waals surface area contributed by atoms with Crippen LogP contribution in [0.25, 0.3) is 11.1 Å². The maximum absolute atomic E-state index is 12.3. The van der Waals surface area contributed by atoms with Crippen LogP contribution in [0.5, 0.6) is 0 Å². The number of hydrogen-bond donors (Lipinski definition) is 4. The summed E-state index contributed by atoms with van der Waals surface area (Å²) in [6.07, 6.45) is -1.95. The largest absolute Gasteiger partial charge is 0.445 e. The van der Waals surface area contributed by atoms with Gasteiger partial charge < -0.3 is 26.2 Å². The molecule has 3 amide bonds. The molecule has 8 heteroatoms. The van der Waals surface area contributed by atoms with Gasteiger partial charge in [-0.15, -0.1) is 0 Å². The molecule has 0 heterocycles. The number of hydrogen-bond acceptors (Lipinski definition) is 5. The van der Waals surface area contributed by atoms with E-state index >= 15 is 0 Å². The Morgan fingerprint density at radius 3 is 2.06 bits per heavy atom. The summed E-state index contributed by atoms with van der Waals surface area (Å²) < 4.78 is 5.06. The van der Waals surface area contributed by atoms with Gasteiger partial charge in [-0.05, 0) is 22.3 Å². The van der Waals surface area contributed by atoms with Crippen molar-refractivity contribution in [2.45, 2.75) is 31.6 Å². The van der Waals surface area contributed by atoms with Crippen LogP contribution in [-0.2, 0) is 27.4 Å². The molecule has 0 spiro atoms. The van der Waals surface area contributed by atoms with E-state index in [1.807, 2.05) is 84.9 Å². The van der Waals surface area contributed by atoms with E-state index < -0.39 is 30.1 Å². The van der Waals surface area contributed by atoms with Gasteiger partial charge >= 0.3 is 6.09 Å². The zero-order chi connectivity index (χ0) is 25.0. The monoisotopic (exact) mass is 475 g/mol. The van der Waals surface area contributed by atoms with Gasteiger partial charge in [0.25, 0.3) is 0 Å². The molecule has 0 bridgehead atoms. The van der Waals surface area contributed by atoms with Gasteiger partial charge in [0.2, 0.25) is 11.8 Å². The van der Waals surface area contributed by atoms with Crippen LogP contribution in [0.3, 0.4) is 0 Å². The van der Waals surface area contributed by atoms with Crippen LogP contribution in [-0.4, -0.2) is 41.7 Å². The quantitative estimate of drug-likeness (QED) is 0.339. The summed E-state index contributed by atoms with van der Waals surface area (Å²) in [6.45, 7) is -0.0842. The molecule has 8 nitrogen and oxygen atoms in total. The van der Waals surface area contributed by atoms with Gasteiger partial charge in [0, 0.05) is 13.0 Å². The fourth-order valence-corrected chi connectivity index (χ4v) is 3.44. The number of benzene rings is 3. The minimum absolute atomic E-state index is 0.0931. The highest BCUT2D eigenvalue weighted by Gasteiger charge is 2.21. The Kier molecular flexibility index (Phi) is 9.39. The van der Waals surface area contributed by atoms with Crippen LogP contribution in [0.2, 0.25) is 0 Å². The first-order valence-electron chi connectivity index (χ1n) is 11.3. The van der Waals surface area contributed by atoms with Gasteiger partial charge in [-0.25, -0.2) is 4.79 Å². The van der Waals surface area contributed by atoms with Crippen molar-refractivity contribution < 1.29 is 24.2 Å². The van der Waals surface area contributed by atoms with Crippen molar-refractivity contribution in [2.24, 2.45) is 5.73 Å². The fourth-order valence-electron chi connectivity index (χ4n) is 3.44. The minimum Gasteiger partial charge on any atom is -0.445 e. The molecule has 3 rings (SSSR count). The second-order valence-corrected chi connectivity index (χ2v) is 8.09. The molecule has 35 heavy (non-hydrogen) atoms. The highest BCUT2D eigenvalue weighted by atomic mass is 16.5. The molecule has 0 aliphatic heterocycles. The lowest BCUT2D eigenvalue weighted by atomic mass is 10.0. The van der Waals surface area contributed by atoms with Crippen molar-refractivity contribution in [3.05, 3.63) is 96.1 Å². The summed E-state index contributed by atoms with van der Waals surface area (Å²) in [5, 5.41) is 15.1. The van der Waals surface area contributed by atoms with Gasteiger partial charge in [-0.2, -0.15) is 0 Å². The first-order valence-corrected chi connectivity index (χ1v) is 11.3. The minimum atomic E-state index is -1.15. The number of rotatable bonds is 11. The Bertz CT molecular complexity index is 1100. The molecule has 5 N–H and O–H groups in total. The molecule has 0 radical (unpaired) electrons. The second-order valence-electron chi connectivity index (χ2n) is 8.09. The van der Waals surface area contributed by atoms with Gasteiger partial charge in [-0.3, -0.25) is 9.59 Å². The summed E-state index contributed by atoms with van der Waals surface area (Å²) in [6, 6.07) is 25.7. The van der Waals surface area contributed by atoms with Crippen molar-refractivity contribution in [1.29, 1.82) is 0 Å². The van der Waals surface area contributed by atoms with Crippen LogP contribution in [0, 0.1) is 0 Å². The zero-order valence-corrected chi connectivity index (χ0v) is 19.2. The van der Waals surface area contributed by atoms with E-state index in [9.17, 15) is 19.5 Å². The van der Waals surface area contributed by atoms with Crippen molar-refractivity contribution in [1.82, 2.24) is 10.6 Å². The highest BCUT2D eigenvalue weighted by Crippen LogP contribution is 2.19. The molecule has 0 fully saturated rings. The number of aliphatic hydroxyl groups is 1. The zero-order valence-electron chi connectivity index (χ0n) is 19.2. The summed E-state index contributed by atoms with van der Waals surface area (Å²) in [7, 11) is 0. The van der Waals surface area contributed by atoms with Crippen molar-refractivity contribution in [2.75, 3.05) is 6.54 Å². The maximum atomic E-state index is 12.3. The molecule has 0 aliphatic carbocycles. The number of carbonyl (C=O) groups is 3. The van der Waals surface area contributed by atoms with Crippen LogP contribution >= 0.6 is 0 Å². The lowest BCUT2D eigenvalue weighted by Gasteiger charge is -2.17. The molecule has 0 unspecified atom stereocenters. The molecule has 3 aromatic rings. The van der Waals surface area contributed by atoms with Gasteiger partial charge in [-0.1, -0.05) is 84.9 Å². The summed E-state index contributed by atoms with van der Waals surface area (Å²) >= 11 is 0. The summed E-state index contributed by atoms with van der Waals surface area (Å²) in [4.78, 5) is 36.0. The Morgan fingerprint density at radius 2 is 1.43 bits per heavy atom. The lowest BCUT2D eigenvalue weighted by Crippen LogP contribution is -2.47. The smallest absolute Gasteiger partial charge is 0.407 e. The second kappa shape index (κ2) is 12.9. The predicted octanol–water partition coefficient (Wildman–Crippen LogP) is 2.54. The third-order valence-corrected chi connectivity index (χ3v) is 5.30. The van der Waals surface area contributed by atoms with Gasteiger partial charge in [0.05, 0.1) is 12.5 Å². The SMILES string of the molecule is NC(=O)[C@H](Cc1ccc(-c2ccccc2)cc1)NC(=O)C[C@H](O)CNC(=O)OCc1ccccc1. The highest BCUT2D eigenvalue weighted by molar-refractivity contribution is 5.87. The van der Waals surface area contributed by atoms with Crippen LogP contribution < -0.4 is 16.4 Å². The fraction of sp³-hybridized carbons (Fsp3) is 0.222. The molecule has 0 saturated heterocycles. The lowest BCUT2D eigenvalue weighted by molar-refractivity contribution is -0.128. The average Bonchev–Trinajstić information content (AvgIpc) is 2.87. The topological polar surface area (TPSA) is 131 Å². The Labute approximate surface area is 204 Å². The number of nitrogens with one attached hydrogen (secondary N) is 2. The Hall–Kier alpha value is -4.17. The normalized spacial score (nSPS) is 12.3. The molecular formula is C27H29N3O5. The van der Waals surface area contributed by atoms with Crippen molar-refractivity contribution in [3.63, 3.8) is 0 Å². The van der Waals surface area contributed by atoms with Crippen LogP contribution in [0.4, 0.5) is 4.79 Å². The van der Waals surface area contributed by atoms with Crippen LogP contribution in [0.15, 0.2) is 84.9 Å². The first kappa shape index (κ1) is 25.5. The number of primary amides is 1. The molecular weight excluding hydrogens is 446 g/mol. The molecule has 0 aliphatic rings. The average molecular weight is 476 g/mol. The van der Waals surface area contributed by atoms with E-state index in [0.717, 1.165) is 22.3 Å². The number of alkyl carbamates (subject to hydrolysis) is 1. The number of amides is 3. The number of carbonyl (C=O) groups excluding carboxylic acids is 3. The molecule has 2 atom stereocenters. The number of aliphatic hydroxyl groups excluding tert-OH is 1. The predicted molar refractivity (Wildman–Crippen MR) is 132 cm³/mol. The summed E-state index contributed by atoms with van der Waals surface area (Å²) in [5.41, 5.74) is 9.24. The van der Waals surface area contributed by atoms with E-state index in [0.29, 0.717) is 0 Å². The van der Waals surface area contributed by atoms with Gasteiger partial charge in [0.15, 0.2) is 0 Å². The number of ether oxygens (including phenoxy) is 1. The van der Waals surface area contributed by atoms with E-state index in [1.54, 1.807) is 0 Å². The van der Waals surface area contributed by atoms with E-state index in [-0.39, 0.29) is 26.0 Å². The van der Waals surface area contributed by atoms with Crippen molar-refractivity contribution >= 4 is 17.9 Å². The first-order chi connectivity index (χ1) is 16.9. The summed E-state index contributed by atoms with van der Waals surface area (Å²) in [5.74, 6) is -1.23. The number of nitrogens with two attached hydrogens (primary N) is 1. The standard InChI is InChI=1S/C27H29N3O5/c28-26(33)24(15-19-11-13-22(14-12-19)21-9-5-2-6-10-21)30-25(32)16-23(31)17-29-27(34)35-18-20-7-3-1-4-8-20/h1-14,23-24,31H,15-18H2,(H2,28,33)(H,29,34)(H,30,32)/t23-,24-/m0/s1.